The molecule has 63 heavy (non-hydrogen) atoms. The van der Waals surface area contributed by atoms with Crippen molar-refractivity contribution in [2.75, 3.05) is 26.2 Å². The van der Waals surface area contributed by atoms with Crippen LogP contribution in [0.4, 0.5) is 0 Å². The first-order valence-corrected chi connectivity index (χ1v) is 22.5. The Labute approximate surface area is 367 Å². The first-order valence-electron chi connectivity index (χ1n) is 22.5. The SMILES string of the molecule is CC(C)[C@@H]1NC(=O)[C@H](Cc2ccccc2)NC(=O)[C@H](Cc2ccc(O)cc2)NC(=O)[C@@H]2CCCN2C(=O)[C@@H]2CCCN2C(=O)[C@H](C)NC(=O)[C@@H]2CCCN2C(=O)[C@@H]2CCCN2C1=O. The van der Waals surface area contributed by atoms with Crippen LogP contribution in [0.3, 0.4) is 0 Å². The van der Waals surface area contributed by atoms with Gasteiger partial charge in [0.05, 0.1) is 0 Å². The molecule has 8 atom stereocenters. The monoisotopic (exact) mass is 868 g/mol. The summed E-state index contributed by atoms with van der Waals surface area (Å²) in [6.45, 7) is 6.22. The predicted molar refractivity (Wildman–Crippen MR) is 229 cm³/mol. The predicted octanol–water partition coefficient (Wildman–Crippen LogP) is 0.770. The van der Waals surface area contributed by atoms with Crippen LogP contribution in [0, 0.1) is 5.92 Å². The Balaban J connectivity index is 1.24. The molecule has 0 spiro atoms. The van der Waals surface area contributed by atoms with Crippen LogP contribution < -0.4 is 21.3 Å². The van der Waals surface area contributed by atoms with Crippen LogP contribution in [0.5, 0.6) is 5.75 Å². The summed E-state index contributed by atoms with van der Waals surface area (Å²) < 4.78 is 0. The first kappa shape index (κ1) is 45.0. The number of hydrogen-bond donors (Lipinski definition) is 5. The third-order valence-electron chi connectivity index (χ3n) is 13.2. The van der Waals surface area contributed by atoms with E-state index >= 15 is 0 Å². The standard InChI is InChI=1S/C46H60N8O9/c1-27(2)38-46(63)54-24-10-16-37(54)45(62)51-21-7-13-34(51)41(58)47-28(3)43(60)53-23-9-15-36(53)44(61)52-22-8-14-35(52)42(59)49-32(26-30-17-19-31(55)20-18-30)39(56)48-33(40(57)50-38)25-29-11-5-4-6-12-29/h4-6,11-12,17-20,27-28,32-38,55H,7-10,13-16,21-26H2,1-3H3,(H,47,58)(H,48,56)(H,49,59)(H,50,57)/t28-,32-,33-,34-,35-,36-,37-,38-/m0/s1. The van der Waals surface area contributed by atoms with Gasteiger partial charge in [-0.05, 0) is 87.5 Å². The van der Waals surface area contributed by atoms with Crippen molar-refractivity contribution in [3.8, 4) is 5.75 Å². The van der Waals surface area contributed by atoms with E-state index in [1.165, 1.54) is 31.7 Å². The molecule has 0 bridgehead atoms. The summed E-state index contributed by atoms with van der Waals surface area (Å²) in [4.78, 5) is 120. The van der Waals surface area contributed by atoms with Crippen molar-refractivity contribution in [1.29, 1.82) is 0 Å². The van der Waals surface area contributed by atoms with E-state index in [1.54, 1.807) is 45.0 Å². The maximum Gasteiger partial charge on any atom is 0.246 e. The molecule has 8 amide bonds. The number of carbonyl (C=O) groups is 8. The van der Waals surface area contributed by atoms with Gasteiger partial charge in [0.15, 0.2) is 0 Å². The van der Waals surface area contributed by atoms with Gasteiger partial charge in [0.1, 0.15) is 54.1 Å². The number of nitrogens with zero attached hydrogens (tertiary/aromatic N) is 4. The quantitative estimate of drug-likeness (QED) is 0.287. The normalized spacial score (nSPS) is 29.4. The van der Waals surface area contributed by atoms with Gasteiger partial charge in [0.25, 0.3) is 0 Å². The highest BCUT2D eigenvalue weighted by Crippen LogP contribution is 2.29. The van der Waals surface area contributed by atoms with Gasteiger partial charge in [0, 0.05) is 39.0 Å². The van der Waals surface area contributed by atoms with Gasteiger partial charge in [-0.3, -0.25) is 38.4 Å². The fraction of sp³-hybridized carbons (Fsp3) is 0.565. The highest BCUT2D eigenvalue weighted by molar-refractivity contribution is 5.99. The number of nitrogens with one attached hydrogen (secondary N) is 4. The Hall–Kier alpha value is -6.00. The Morgan fingerprint density at radius 3 is 1.43 bits per heavy atom. The molecular formula is C46H60N8O9. The molecule has 2 aromatic carbocycles. The van der Waals surface area contributed by atoms with E-state index < -0.39 is 95.6 Å². The smallest absolute Gasteiger partial charge is 0.246 e. The Kier molecular flexibility index (Phi) is 14.0. The summed E-state index contributed by atoms with van der Waals surface area (Å²) in [5.74, 6) is -4.48. The minimum atomic E-state index is -1.24. The van der Waals surface area contributed by atoms with E-state index in [9.17, 15) is 43.5 Å². The zero-order valence-corrected chi connectivity index (χ0v) is 36.3. The lowest BCUT2D eigenvalue weighted by atomic mass is 9.99. The topological polar surface area (TPSA) is 218 Å². The molecule has 0 saturated carbocycles. The van der Waals surface area contributed by atoms with Crippen LogP contribution >= 0.6 is 0 Å². The molecule has 2 aromatic rings. The van der Waals surface area contributed by atoms with Gasteiger partial charge in [-0.25, -0.2) is 0 Å². The van der Waals surface area contributed by atoms with Crippen LogP contribution in [0.1, 0.15) is 83.3 Å². The van der Waals surface area contributed by atoms with E-state index in [0.29, 0.717) is 63.5 Å². The highest BCUT2D eigenvalue weighted by Gasteiger charge is 2.47. The lowest BCUT2D eigenvalue weighted by Gasteiger charge is -2.35. The van der Waals surface area contributed by atoms with Crippen molar-refractivity contribution in [3.63, 3.8) is 0 Å². The van der Waals surface area contributed by atoms with E-state index in [-0.39, 0.29) is 44.1 Å². The number of amides is 8. The number of hydrogen-bond acceptors (Lipinski definition) is 9. The Morgan fingerprint density at radius 1 is 0.508 bits per heavy atom. The number of phenols is 1. The zero-order valence-electron chi connectivity index (χ0n) is 36.3. The first-order chi connectivity index (χ1) is 30.2. The maximum absolute atomic E-state index is 14.5. The van der Waals surface area contributed by atoms with E-state index in [2.05, 4.69) is 21.3 Å². The van der Waals surface area contributed by atoms with Crippen molar-refractivity contribution in [1.82, 2.24) is 40.9 Å². The number of benzene rings is 2. The molecular weight excluding hydrogens is 809 g/mol. The summed E-state index contributed by atoms with van der Waals surface area (Å²) >= 11 is 0. The molecule has 5 aliphatic heterocycles. The fourth-order valence-electron chi connectivity index (χ4n) is 9.81. The molecule has 5 saturated heterocycles. The second-order valence-corrected chi connectivity index (χ2v) is 17.9. The summed E-state index contributed by atoms with van der Waals surface area (Å²) in [5, 5.41) is 21.4. The molecule has 0 aliphatic carbocycles. The molecule has 0 radical (unpaired) electrons. The second kappa shape index (κ2) is 19.6. The minimum absolute atomic E-state index is 0.0102. The molecule has 338 valence electrons. The largest absolute Gasteiger partial charge is 0.508 e. The van der Waals surface area contributed by atoms with Gasteiger partial charge in [-0.1, -0.05) is 56.3 Å². The summed E-state index contributed by atoms with van der Waals surface area (Å²) in [6, 6.07) is 7.12. The summed E-state index contributed by atoms with van der Waals surface area (Å²) in [7, 11) is 0. The van der Waals surface area contributed by atoms with Crippen LogP contribution in [0.2, 0.25) is 0 Å². The van der Waals surface area contributed by atoms with E-state index in [4.69, 9.17) is 0 Å². The molecule has 0 unspecified atom stereocenters. The van der Waals surface area contributed by atoms with Crippen LogP contribution in [0.25, 0.3) is 0 Å². The molecule has 5 aliphatic rings. The van der Waals surface area contributed by atoms with Crippen LogP contribution in [0.15, 0.2) is 54.6 Å². The minimum Gasteiger partial charge on any atom is -0.508 e. The Bertz CT molecular complexity index is 2060. The number of rotatable bonds is 5. The van der Waals surface area contributed by atoms with E-state index in [1.807, 2.05) is 18.2 Å². The van der Waals surface area contributed by atoms with Crippen LogP contribution in [-0.4, -0.2) is 146 Å². The average Bonchev–Trinajstić information content (AvgIpc) is 4.12. The second-order valence-electron chi connectivity index (χ2n) is 17.9. The zero-order chi connectivity index (χ0) is 44.9. The molecule has 17 nitrogen and oxygen atoms in total. The lowest BCUT2D eigenvalue weighted by Crippen LogP contribution is -2.61. The van der Waals surface area contributed by atoms with Crippen molar-refractivity contribution >= 4 is 47.3 Å². The van der Waals surface area contributed by atoms with Gasteiger partial charge in [-0.2, -0.15) is 0 Å². The van der Waals surface area contributed by atoms with Crippen LogP contribution in [-0.2, 0) is 51.2 Å². The molecule has 5 heterocycles. The van der Waals surface area contributed by atoms with Crippen molar-refractivity contribution < 1.29 is 43.5 Å². The number of carbonyl (C=O) groups excluding carboxylic acids is 8. The average molecular weight is 869 g/mol. The third kappa shape index (κ3) is 9.97. The third-order valence-corrected chi connectivity index (χ3v) is 13.2. The van der Waals surface area contributed by atoms with E-state index in [0.717, 1.165) is 5.56 Å². The summed E-state index contributed by atoms with van der Waals surface area (Å²) in [5.41, 5.74) is 1.33. The van der Waals surface area contributed by atoms with Crippen molar-refractivity contribution in [2.45, 2.75) is 133 Å². The number of aromatic hydroxyl groups is 1. The lowest BCUT2D eigenvalue weighted by molar-refractivity contribution is -0.149. The molecule has 7 rings (SSSR count). The summed E-state index contributed by atoms with van der Waals surface area (Å²) in [6.07, 6.45) is 3.57. The van der Waals surface area contributed by atoms with Crippen molar-refractivity contribution in [3.05, 3.63) is 65.7 Å². The molecule has 0 aromatic heterocycles. The molecule has 17 heteroatoms. The Morgan fingerprint density at radius 2 is 0.921 bits per heavy atom. The molecule has 5 N–H and O–H groups in total. The van der Waals surface area contributed by atoms with Gasteiger partial charge < -0.3 is 46.0 Å². The fourth-order valence-corrected chi connectivity index (χ4v) is 9.81. The van der Waals surface area contributed by atoms with Gasteiger partial charge >= 0.3 is 0 Å². The van der Waals surface area contributed by atoms with Gasteiger partial charge in [-0.15, -0.1) is 0 Å². The van der Waals surface area contributed by atoms with Gasteiger partial charge in [0.2, 0.25) is 47.3 Å². The number of phenolic OH excluding ortho intramolecular Hbond substituents is 1. The highest BCUT2D eigenvalue weighted by atomic mass is 16.3. The van der Waals surface area contributed by atoms with Crippen molar-refractivity contribution in [2.24, 2.45) is 5.92 Å². The maximum atomic E-state index is 14.5. The number of fused-ring (bicyclic) bond motifs is 4. The molecule has 5 fully saturated rings.